The molecule has 0 saturated carbocycles. The second kappa shape index (κ2) is 10.5. The van der Waals surface area contributed by atoms with E-state index in [2.05, 4.69) is 22.0 Å². The molecule has 0 bridgehead atoms. The highest BCUT2D eigenvalue weighted by atomic mass is 16.5. The zero-order valence-electron chi connectivity index (χ0n) is 20.4. The average molecular weight is 472 g/mol. The molecule has 1 aromatic heterocycles. The molecule has 2 saturated heterocycles. The molecule has 6 nitrogen and oxygen atoms in total. The number of piperidine rings is 2. The summed E-state index contributed by atoms with van der Waals surface area (Å²) < 4.78 is 11.7. The fourth-order valence-corrected chi connectivity index (χ4v) is 5.34. The summed E-state index contributed by atoms with van der Waals surface area (Å²) in [7, 11) is 1.66. The molecule has 5 rings (SSSR count). The van der Waals surface area contributed by atoms with Gasteiger partial charge in [0.2, 0.25) is 0 Å². The van der Waals surface area contributed by atoms with Crippen LogP contribution in [0.15, 0.2) is 73.1 Å². The van der Waals surface area contributed by atoms with Gasteiger partial charge < -0.3 is 14.4 Å². The first-order chi connectivity index (χ1) is 17.2. The summed E-state index contributed by atoms with van der Waals surface area (Å²) in [5.74, 6) is 2.44. The first-order valence-electron chi connectivity index (χ1n) is 12.5. The van der Waals surface area contributed by atoms with E-state index in [4.69, 9.17) is 9.47 Å². The Morgan fingerprint density at radius 2 is 1.51 bits per heavy atom. The van der Waals surface area contributed by atoms with E-state index in [1.54, 1.807) is 19.5 Å². The average Bonchev–Trinajstić information content (AvgIpc) is 2.92. The topological polar surface area (TPSA) is 54.9 Å². The highest BCUT2D eigenvalue weighted by Crippen LogP contribution is 2.42. The van der Waals surface area contributed by atoms with Gasteiger partial charge in [0.1, 0.15) is 5.75 Å². The molecule has 1 amide bonds. The van der Waals surface area contributed by atoms with Gasteiger partial charge >= 0.3 is 0 Å². The first kappa shape index (κ1) is 23.4. The van der Waals surface area contributed by atoms with Crippen molar-refractivity contribution in [3.8, 4) is 17.2 Å². The molecule has 0 N–H and O–H groups in total. The van der Waals surface area contributed by atoms with E-state index in [1.165, 1.54) is 18.4 Å². The number of ether oxygens (including phenoxy) is 2. The Labute approximate surface area is 207 Å². The molecular formula is C29H33N3O3. The van der Waals surface area contributed by atoms with Crippen molar-refractivity contribution in [1.29, 1.82) is 0 Å². The predicted octanol–water partition coefficient (Wildman–Crippen LogP) is 5.40. The fraction of sp³-hybridized carbons (Fsp3) is 0.379. The number of likely N-dealkylation sites (tertiary alicyclic amines) is 2. The van der Waals surface area contributed by atoms with Crippen molar-refractivity contribution in [2.45, 2.75) is 32.2 Å². The number of amides is 1. The molecule has 35 heavy (non-hydrogen) atoms. The first-order valence-corrected chi connectivity index (χ1v) is 12.5. The van der Waals surface area contributed by atoms with Crippen LogP contribution >= 0.6 is 0 Å². The van der Waals surface area contributed by atoms with Crippen molar-refractivity contribution < 1.29 is 14.3 Å². The standard InChI is InChI=1S/C29H33N3O3/c1-34-26-10-4-5-11-27(26)35-25-9-3-2-7-24(25)22-31-17-12-29(13-18-31)14-19-32(20-15-29)28(33)23-8-6-16-30-21-23/h2-11,16,21H,12-15,17-20,22H2,1H3. The van der Waals surface area contributed by atoms with Crippen molar-refractivity contribution in [3.63, 3.8) is 0 Å². The predicted molar refractivity (Wildman–Crippen MR) is 136 cm³/mol. The highest BCUT2D eigenvalue weighted by Gasteiger charge is 2.38. The molecule has 1 spiro atoms. The van der Waals surface area contributed by atoms with Crippen LogP contribution in [0.1, 0.15) is 41.6 Å². The maximum atomic E-state index is 12.8. The van der Waals surface area contributed by atoms with Gasteiger partial charge in [-0.15, -0.1) is 0 Å². The zero-order chi connectivity index (χ0) is 24.1. The van der Waals surface area contributed by atoms with Gasteiger partial charge in [0.25, 0.3) is 5.91 Å². The van der Waals surface area contributed by atoms with E-state index in [1.807, 2.05) is 53.4 Å². The van der Waals surface area contributed by atoms with E-state index >= 15 is 0 Å². The highest BCUT2D eigenvalue weighted by molar-refractivity contribution is 5.93. The Kier molecular flexibility index (Phi) is 7.00. The van der Waals surface area contributed by atoms with Gasteiger partial charge in [0.05, 0.1) is 12.7 Å². The monoisotopic (exact) mass is 471 g/mol. The number of rotatable bonds is 6. The number of carbonyl (C=O) groups excluding carboxylic acids is 1. The molecule has 2 aliphatic rings. The number of hydrogen-bond acceptors (Lipinski definition) is 5. The minimum Gasteiger partial charge on any atom is -0.493 e. The van der Waals surface area contributed by atoms with Crippen LogP contribution < -0.4 is 9.47 Å². The minimum absolute atomic E-state index is 0.108. The Morgan fingerprint density at radius 1 is 0.857 bits per heavy atom. The fourth-order valence-electron chi connectivity index (χ4n) is 5.34. The molecule has 182 valence electrons. The van der Waals surface area contributed by atoms with Crippen LogP contribution in [0.25, 0.3) is 0 Å². The van der Waals surface area contributed by atoms with Crippen LogP contribution in [0.2, 0.25) is 0 Å². The van der Waals surface area contributed by atoms with Gasteiger partial charge in [-0.25, -0.2) is 0 Å². The Hall–Kier alpha value is -3.38. The van der Waals surface area contributed by atoms with E-state index in [0.717, 1.165) is 62.8 Å². The number of para-hydroxylation sites is 3. The van der Waals surface area contributed by atoms with E-state index in [-0.39, 0.29) is 5.91 Å². The molecule has 0 radical (unpaired) electrons. The summed E-state index contributed by atoms with van der Waals surface area (Å²) >= 11 is 0. The van der Waals surface area contributed by atoms with Crippen LogP contribution in [0.3, 0.4) is 0 Å². The zero-order valence-corrected chi connectivity index (χ0v) is 20.4. The normalized spacial score (nSPS) is 17.8. The second-order valence-corrected chi connectivity index (χ2v) is 9.67. The maximum Gasteiger partial charge on any atom is 0.255 e. The van der Waals surface area contributed by atoms with Crippen LogP contribution in [-0.4, -0.2) is 54.0 Å². The lowest BCUT2D eigenvalue weighted by molar-refractivity contribution is 0.0284. The summed E-state index contributed by atoms with van der Waals surface area (Å²) in [6, 6.07) is 19.7. The van der Waals surface area contributed by atoms with E-state index < -0.39 is 0 Å². The van der Waals surface area contributed by atoms with Gasteiger partial charge in [0, 0.05) is 37.6 Å². The summed E-state index contributed by atoms with van der Waals surface area (Å²) in [5.41, 5.74) is 2.23. The van der Waals surface area contributed by atoms with Gasteiger partial charge in [0.15, 0.2) is 11.5 Å². The molecular weight excluding hydrogens is 438 g/mol. The molecule has 2 fully saturated rings. The van der Waals surface area contributed by atoms with Crippen molar-refractivity contribution in [2.24, 2.45) is 5.41 Å². The lowest BCUT2D eigenvalue weighted by Gasteiger charge is -2.47. The molecule has 2 aromatic carbocycles. The lowest BCUT2D eigenvalue weighted by atomic mass is 9.71. The van der Waals surface area contributed by atoms with Crippen LogP contribution in [0.4, 0.5) is 0 Å². The summed E-state index contributed by atoms with van der Waals surface area (Å²) in [4.78, 5) is 21.4. The largest absolute Gasteiger partial charge is 0.493 e. The summed E-state index contributed by atoms with van der Waals surface area (Å²) in [6.45, 7) is 4.68. The van der Waals surface area contributed by atoms with Crippen molar-refractivity contribution >= 4 is 5.91 Å². The van der Waals surface area contributed by atoms with Crippen molar-refractivity contribution in [2.75, 3.05) is 33.3 Å². The Bertz CT molecular complexity index is 1130. The quantitative estimate of drug-likeness (QED) is 0.482. The number of benzene rings is 2. The van der Waals surface area contributed by atoms with Crippen molar-refractivity contribution in [1.82, 2.24) is 14.8 Å². The van der Waals surface area contributed by atoms with Gasteiger partial charge in [-0.05, 0) is 74.5 Å². The molecule has 3 heterocycles. The van der Waals surface area contributed by atoms with Gasteiger partial charge in [-0.3, -0.25) is 14.7 Å². The third-order valence-corrected chi connectivity index (χ3v) is 7.59. The van der Waals surface area contributed by atoms with Crippen LogP contribution in [-0.2, 0) is 6.54 Å². The van der Waals surface area contributed by atoms with Crippen LogP contribution in [0, 0.1) is 5.41 Å². The van der Waals surface area contributed by atoms with Crippen LogP contribution in [0.5, 0.6) is 17.2 Å². The Morgan fingerprint density at radius 3 is 2.20 bits per heavy atom. The SMILES string of the molecule is COc1ccccc1Oc1ccccc1CN1CCC2(CC1)CCN(C(=O)c1cccnc1)CC2. The summed E-state index contributed by atoms with van der Waals surface area (Å²) in [5, 5.41) is 0. The second-order valence-electron chi connectivity index (χ2n) is 9.67. The number of aromatic nitrogens is 1. The molecule has 6 heteroatoms. The third-order valence-electron chi connectivity index (χ3n) is 7.59. The Balaban J connectivity index is 1.17. The minimum atomic E-state index is 0.108. The molecule has 0 atom stereocenters. The molecule has 2 aliphatic heterocycles. The molecule has 3 aromatic rings. The smallest absolute Gasteiger partial charge is 0.255 e. The van der Waals surface area contributed by atoms with Crippen molar-refractivity contribution in [3.05, 3.63) is 84.2 Å². The number of nitrogens with zero attached hydrogens (tertiary/aromatic N) is 3. The molecule has 0 unspecified atom stereocenters. The van der Waals surface area contributed by atoms with E-state index in [9.17, 15) is 4.79 Å². The van der Waals surface area contributed by atoms with Gasteiger partial charge in [-0.2, -0.15) is 0 Å². The lowest BCUT2D eigenvalue weighted by Crippen LogP contribution is -2.48. The number of carbonyl (C=O) groups is 1. The number of hydrogen-bond donors (Lipinski definition) is 0. The summed E-state index contributed by atoms with van der Waals surface area (Å²) in [6.07, 6.45) is 7.90. The number of methoxy groups -OCH3 is 1. The maximum absolute atomic E-state index is 12.8. The number of pyridine rings is 1. The third kappa shape index (κ3) is 5.33. The van der Waals surface area contributed by atoms with E-state index in [0.29, 0.717) is 11.0 Å². The molecule has 0 aliphatic carbocycles. The van der Waals surface area contributed by atoms with Gasteiger partial charge in [-0.1, -0.05) is 30.3 Å².